The van der Waals surface area contributed by atoms with Gasteiger partial charge < -0.3 is 5.73 Å². The summed E-state index contributed by atoms with van der Waals surface area (Å²) >= 11 is 0. The van der Waals surface area contributed by atoms with Gasteiger partial charge >= 0.3 is 0 Å². The largest absolute Gasteiger partial charge is 0.330 e. The van der Waals surface area contributed by atoms with Crippen LogP contribution in [0, 0.1) is 5.92 Å². The highest BCUT2D eigenvalue weighted by Gasteiger charge is 2.27. The zero-order chi connectivity index (χ0) is 10.4. The lowest BCUT2D eigenvalue weighted by Crippen LogP contribution is -2.27. The van der Waals surface area contributed by atoms with Crippen LogP contribution in [0.15, 0.2) is 12.7 Å². The van der Waals surface area contributed by atoms with Gasteiger partial charge in [0.25, 0.3) is 0 Å². The Labute approximate surface area is 88.2 Å². The molecule has 1 aliphatic carbocycles. The lowest BCUT2D eigenvalue weighted by molar-refractivity contribution is 0.278. The van der Waals surface area contributed by atoms with Gasteiger partial charge in [0.1, 0.15) is 0 Å². The van der Waals surface area contributed by atoms with Gasteiger partial charge in [0.15, 0.2) is 0 Å². The molecule has 2 heteroatoms. The van der Waals surface area contributed by atoms with E-state index < -0.39 is 0 Å². The van der Waals surface area contributed by atoms with Gasteiger partial charge in [-0.15, -0.1) is 6.58 Å². The van der Waals surface area contributed by atoms with E-state index in [0.29, 0.717) is 5.92 Å². The van der Waals surface area contributed by atoms with Crippen molar-refractivity contribution in [2.45, 2.75) is 38.6 Å². The van der Waals surface area contributed by atoms with E-state index in [0.717, 1.165) is 19.1 Å². The molecule has 82 valence electrons. The summed E-state index contributed by atoms with van der Waals surface area (Å²) in [6.45, 7) is 9.14. The smallest absolute Gasteiger partial charge is 0.0163 e. The summed E-state index contributed by atoms with van der Waals surface area (Å²) in [6.07, 6.45) is 7.34. The third-order valence-corrected chi connectivity index (χ3v) is 2.97. The van der Waals surface area contributed by atoms with Crippen LogP contribution in [-0.4, -0.2) is 30.6 Å². The minimum atomic E-state index is 0.680. The molecule has 0 aromatic heterocycles. The summed E-state index contributed by atoms with van der Waals surface area (Å²) in [6, 6.07) is 0.862. The average molecular weight is 196 g/mol. The number of nitrogens with zero attached hydrogens (tertiary/aromatic N) is 1. The van der Waals surface area contributed by atoms with Crippen LogP contribution >= 0.6 is 0 Å². The van der Waals surface area contributed by atoms with E-state index in [4.69, 9.17) is 5.73 Å². The van der Waals surface area contributed by atoms with Crippen molar-refractivity contribution in [1.82, 2.24) is 4.90 Å². The first kappa shape index (κ1) is 11.7. The molecular weight excluding hydrogens is 172 g/mol. The number of nitrogens with two attached hydrogens (primary N) is 1. The van der Waals surface area contributed by atoms with Crippen molar-refractivity contribution in [2.75, 3.05) is 19.6 Å². The third kappa shape index (κ3) is 4.25. The Balaban J connectivity index is 2.09. The van der Waals surface area contributed by atoms with E-state index in [2.05, 4.69) is 18.4 Å². The van der Waals surface area contributed by atoms with Gasteiger partial charge in [-0.2, -0.15) is 0 Å². The molecule has 2 N–H and O–H groups in total. The summed E-state index contributed by atoms with van der Waals surface area (Å²) in [7, 11) is 0. The average Bonchev–Trinajstić information content (AvgIpc) is 2.99. The SMILES string of the molecule is C=CCN(CCCC(C)CN)C1CC1. The maximum Gasteiger partial charge on any atom is 0.0163 e. The van der Waals surface area contributed by atoms with E-state index >= 15 is 0 Å². The number of hydrogen-bond donors (Lipinski definition) is 1. The summed E-state index contributed by atoms with van der Waals surface area (Å²) < 4.78 is 0. The lowest BCUT2D eigenvalue weighted by atomic mass is 10.1. The van der Waals surface area contributed by atoms with Crippen LogP contribution < -0.4 is 5.73 Å². The molecule has 0 amide bonds. The zero-order valence-electron chi connectivity index (χ0n) is 9.41. The number of rotatable bonds is 8. The highest BCUT2D eigenvalue weighted by molar-refractivity contribution is 4.88. The van der Waals surface area contributed by atoms with Crippen LogP contribution in [0.5, 0.6) is 0 Å². The van der Waals surface area contributed by atoms with Crippen LogP contribution in [0.2, 0.25) is 0 Å². The Hall–Kier alpha value is -0.340. The second-order valence-corrected chi connectivity index (χ2v) is 4.50. The standard InChI is InChI=1S/C12H24N2/c1-3-8-14(12-6-7-12)9-4-5-11(2)10-13/h3,11-12H,1,4-10,13H2,2H3. The Bertz CT molecular complexity index is 164. The molecule has 0 radical (unpaired) electrons. The van der Waals surface area contributed by atoms with E-state index in [1.807, 2.05) is 6.08 Å². The summed E-state index contributed by atoms with van der Waals surface area (Å²) in [4.78, 5) is 2.55. The highest BCUT2D eigenvalue weighted by atomic mass is 15.2. The molecule has 0 saturated heterocycles. The maximum atomic E-state index is 5.59. The molecule has 1 saturated carbocycles. The molecule has 0 aromatic rings. The predicted octanol–water partition coefficient (Wildman–Crippen LogP) is 2.01. The molecule has 1 fully saturated rings. The molecule has 2 nitrogen and oxygen atoms in total. The summed E-state index contributed by atoms with van der Waals surface area (Å²) in [5.41, 5.74) is 5.59. The molecule has 0 aromatic carbocycles. The van der Waals surface area contributed by atoms with Crippen LogP contribution in [0.25, 0.3) is 0 Å². The van der Waals surface area contributed by atoms with Crippen molar-refractivity contribution in [3.8, 4) is 0 Å². The quantitative estimate of drug-likeness (QED) is 0.602. The Morgan fingerprint density at radius 2 is 2.29 bits per heavy atom. The predicted molar refractivity (Wildman–Crippen MR) is 62.2 cm³/mol. The first-order chi connectivity index (χ1) is 6.77. The van der Waals surface area contributed by atoms with Crippen LogP contribution in [0.3, 0.4) is 0 Å². The fourth-order valence-electron chi connectivity index (χ4n) is 1.79. The molecule has 0 aliphatic heterocycles. The summed E-state index contributed by atoms with van der Waals surface area (Å²) in [5.74, 6) is 0.680. The molecule has 0 heterocycles. The van der Waals surface area contributed by atoms with Crippen molar-refractivity contribution < 1.29 is 0 Å². The van der Waals surface area contributed by atoms with E-state index in [1.54, 1.807) is 0 Å². The lowest BCUT2D eigenvalue weighted by Gasteiger charge is -2.20. The van der Waals surface area contributed by atoms with E-state index in [9.17, 15) is 0 Å². The minimum absolute atomic E-state index is 0.680. The fraction of sp³-hybridized carbons (Fsp3) is 0.833. The molecular formula is C12H24N2. The molecule has 1 aliphatic rings. The highest BCUT2D eigenvalue weighted by Crippen LogP contribution is 2.26. The normalized spacial score (nSPS) is 18.5. The van der Waals surface area contributed by atoms with Crippen molar-refractivity contribution in [1.29, 1.82) is 0 Å². The Morgan fingerprint density at radius 1 is 1.57 bits per heavy atom. The van der Waals surface area contributed by atoms with Gasteiger partial charge in [-0.25, -0.2) is 0 Å². The second kappa shape index (κ2) is 6.20. The Morgan fingerprint density at radius 3 is 2.79 bits per heavy atom. The van der Waals surface area contributed by atoms with Gasteiger partial charge in [0.05, 0.1) is 0 Å². The van der Waals surface area contributed by atoms with Crippen molar-refractivity contribution >= 4 is 0 Å². The van der Waals surface area contributed by atoms with Gasteiger partial charge in [-0.3, -0.25) is 4.90 Å². The van der Waals surface area contributed by atoms with Gasteiger partial charge in [0.2, 0.25) is 0 Å². The monoisotopic (exact) mass is 196 g/mol. The van der Waals surface area contributed by atoms with Crippen molar-refractivity contribution in [3.05, 3.63) is 12.7 Å². The van der Waals surface area contributed by atoms with E-state index in [1.165, 1.54) is 32.2 Å². The van der Waals surface area contributed by atoms with Gasteiger partial charge in [-0.05, 0) is 44.7 Å². The maximum absolute atomic E-state index is 5.59. The molecule has 1 unspecified atom stereocenters. The van der Waals surface area contributed by atoms with Gasteiger partial charge in [0, 0.05) is 12.6 Å². The van der Waals surface area contributed by atoms with Crippen LogP contribution in [-0.2, 0) is 0 Å². The molecule has 0 bridgehead atoms. The van der Waals surface area contributed by atoms with Crippen LogP contribution in [0.4, 0.5) is 0 Å². The molecule has 0 spiro atoms. The second-order valence-electron chi connectivity index (χ2n) is 4.50. The molecule has 14 heavy (non-hydrogen) atoms. The van der Waals surface area contributed by atoms with Crippen molar-refractivity contribution in [2.24, 2.45) is 11.7 Å². The van der Waals surface area contributed by atoms with E-state index in [-0.39, 0.29) is 0 Å². The van der Waals surface area contributed by atoms with Crippen molar-refractivity contribution in [3.63, 3.8) is 0 Å². The fourth-order valence-corrected chi connectivity index (χ4v) is 1.79. The molecule has 1 rings (SSSR count). The Kier molecular flexibility index (Phi) is 5.20. The van der Waals surface area contributed by atoms with Gasteiger partial charge in [-0.1, -0.05) is 13.0 Å². The molecule has 1 atom stereocenters. The summed E-state index contributed by atoms with van der Waals surface area (Å²) in [5, 5.41) is 0. The minimum Gasteiger partial charge on any atom is -0.330 e. The topological polar surface area (TPSA) is 29.3 Å². The first-order valence-corrected chi connectivity index (χ1v) is 5.83. The number of hydrogen-bond acceptors (Lipinski definition) is 2. The third-order valence-electron chi connectivity index (χ3n) is 2.97. The first-order valence-electron chi connectivity index (χ1n) is 5.83. The van der Waals surface area contributed by atoms with Crippen LogP contribution in [0.1, 0.15) is 32.6 Å². The zero-order valence-corrected chi connectivity index (χ0v) is 9.41.